The van der Waals surface area contributed by atoms with Gasteiger partial charge >= 0.3 is 6.18 Å². The summed E-state index contributed by atoms with van der Waals surface area (Å²) in [6.45, 7) is 1.46. The number of rotatable bonds is 8. The van der Waals surface area contributed by atoms with Gasteiger partial charge in [-0.15, -0.1) is 5.10 Å². The van der Waals surface area contributed by atoms with Gasteiger partial charge < -0.3 is 19.7 Å². The molecule has 0 aliphatic carbocycles. The van der Waals surface area contributed by atoms with E-state index in [-0.39, 0.29) is 30.2 Å². The first-order chi connectivity index (χ1) is 17.3. The van der Waals surface area contributed by atoms with Gasteiger partial charge in [0, 0.05) is 44.3 Å². The number of carbonyl (C=O) groups is 1. The molecule has 1 aromatic heterocycles. The Kier molecular flexibility index (Phi) is 7.85. The summed E-state index contributed by atoms with van der Waals surface area (Å²) in [5, 5.41) is 13.4. The van der Waals surface area contributed by atoms with Crippen LogP contribution < -0.4 is 10.1 Å². The molecule has 9 nitrogen and oxygen atoms in total. The van der Waals surface area contributed by atoms with Gasteiger partial charge in [0.25, 0.3) is 5.82 Å². The van der Waals surface area contributed by atoms with Crippen molar-refractivity contribution >= 4 is 5.91 Å². The number of halogens is 3. The molecule has 1 saturated heterocycles. The van der Waals surface area contributed by atoms with Crippen LogP contribution in [-0.4, -0.2) is 71.0 Å². The van der Waals surface area contributed by atoms with E-state index in [0.717, 1.165) is 5.56 Å². The second-order valence-corrected chi connectivity index (χ2v) is 8.47. The third-order valence-corrected chi connectivity index (χ3v) is 6.25. The van der Waals surface area contributed by atoms with Gasteiger partial charge in [-0.25, -0.2) is 0 Å². The highest BCUT2D eigenvalue weighted by Gasteiger charge is 2.38. The molecule has 0 saturated carbocycles. The van der Waals surface area contributed by atoms with Crippen molar-refractivity contribution in [3.63, 3.8) is 0 Å². The lowest BCUT2D eigenvalue weighted by molar-refractivity contribution is -0.146. The zero-order chi connectivity index (χ0) is 25.7. The SMILES string of the molecule is COCC(=O)N1CC[C@H](NCc2cc(-n3nnnc3C(F)(F)F)ccc2OC)[C@H](c2ccccc2)C1. The quantitative estimate of drug-likeness (QED) is 0.504. The molecule has 0 bridgehead atoms. The van der Waals surface area contributed by atoms with E-state index < -0.39 is 12.0 Å². The number of methoxy groups -OCH3 is 2. The van der Waals surface area contributed by atoms with Crippen molar-refractivity contribution in [2.45, 2.75) is 31.1 Å². The summed E-state index contributed by atoms with van der Waals surface area (Å²) in [5.41, 5.74) is 1.92. The van der Waals surface area contributed by atoms with Gasteiger partial charge in [0.15, 0.2) is 0 Å². The number of nitrogens with one attached hydrogen (secondary N) is 1. The molecule has 0 spiro atoms. The Morgan fingerprint density at radius 3 is 2.64 bits per heavy atom. The van der Waals surface area contributed by atoms with Gasteiger partial charge in [0.2, 0.25) is 5.91 Å². The molecule has 0 radical (unpaired) electrons. The molecule has 12 heteroatoms. The number of likely N-dealkylation sites (tertiary alicyclic amines) is 1. The highest BCUT2D eigenvalue weighted by Crippen LogP contribution is 2.31. The van der Waals surface area contributed by atoms with E-state index in [2.05, 4.69) is 20.8 Å². The first kappa shape index (κ1) is 25.6. The number of aromatic nitrogens is 4. The third-order valence-electron chi connectivity index (χ3n) is 6.25. The van der Waals surface area contributed by atoms with E-state index in [9.17, 15) is 18.0 Å². The minimum absolute atomic E-state index is 0.0196. The van der Waals surface area contributed by atoms with Gasteiger partial charge in [0.05, 0.1) is 12.8 Å². The Balaban J connectivity index is 1.56. The summed E-state index contributed by atoms with van der Waals surface area (Å²) in [6, 6.07) is 14.6. The number of hydrogen-bond acceptors (Lipinski definition) is 7. The molecule has 1 amide bonds. The van der Waals surface area contributed by atoms with Crippen molar-refractivity contribution in [3.05, 3.63) is 65.5 Å². The summed E-state index contributed by atoms with van der Waals surface area (Å²) >= 11 is 0. The predicted molar refractivity (Wildman–Crippen MR) is 124 cm³/mol. The van der Waals surface area contributed by atoms with E-state index >= 15 is 0 Å². The number of hydrogen-bond donors (Lipinski definition) is 1. The number of carbonyl (C=O) groups excluding carboxylic acids is 1. The largest absolute Gasteiger partial charge is 0.496 e. The molecule has 3 aromatic rings. The van der Waals surface area contributed by atoms with Crippen LogP contribution in [0.1, 0.15) is 29.3 Å². The Bertz CT molecular complexity index is 1170. The van der Waals surface area contributed by atoms with Crippen molar-refractivity contribution in [1.29, 1.82) is 0 Å². The maximum absolute atomic E-state index is 13.3. The molecule has 1 fully saturated rings. The lowest BCUT2D eigenvalue weighted by Gasteiger charge is -2.39. The van der Waals surface area contributed by atoms with E-state index in [1.54, 1.807) is 17.0 Å². The van der Waals surface area contributed by atoms with Gasteiger partial charge in [0.1, 0.15) is 12.4 Å². The third kappa shape index (κ3) is 5.65. The highest BCUT2D eigenvalue weighted by molar-refractivity contribution is 5.77. The highest BCUT2D eigenvalue weighted by atomic mass is 19.4. The van der Waals surface area contributed by atoms with Crippen molar-refractivity contribution in [2.24, 2.45) is 0 Å². The number of benzene rings is 2. The fourth-order valence-electron chi connectivity index (χ4n) is 4.49. The Morgan fingerprint density at radius 2 is 1.94 bits per heavy atom. The van der Waals surface area contributed by atoms with Crippen LogP contribution in [-0.2, 0) is 22.3 Å². The normalized spacial score (nSPS) is 18.3. The fourth-order valence-corrected chi connectivity index (χ4v) is 4.49. The molecular formula is C24H27F3N6O3. The first-order valence-electron chi connectivity index (χ1n) is 11.4. The molecule has 2 heterocycles. The number of tetrazole rings is 1. The number of nitrogens with zero attached hydrogens (tertiary/aromatic N) is 5. The van der Waals surface area contributed by atoms with E-state index in [0.29, 0.717) is 42.0 Å². The van der Waals surface area contributed by atoms with Crippen molar-refractivity contribution in [2.75, 3.05) is 33.9 Å². The average Bonchev–Trinajstić information content (AvgIpc) is 3.39. The number of alkyl halides is 3. The Labute approximate surface area is 206 Å². The second-order valence-electron chi connectivity index (χ2n) is 8.47. The van der Waals surface area contributed by atoms with Gasteiger partial charge in [-0.1, -0.05) is 30.3 Å². The molecule has 4 rings (SSSR count). The second kappa shape index (κ2) is 11.0. The number of ether oxygens (including phenoxy) is 2. The predicted octanol–water partition coefficient (Wildman–Crippen LogP) is 2.81. The summed E-state index contributed by atoms with van der Waals surface area (Å²) < 4.78 is 51.1. The van der Waals surface area contributed by atoms with Crippen LogP contribution in [0.5, 0.6) is 5.75 Å². The monoisotopic (exact) mass is 504 g/mol. The van der Waals surface area contributed by atoms with Crippen LogP contribution >= 0.6 is 0 Å². The average molecular weight is 505 g/mol. The lowest BCUT2D eigenvalue weighted by Crippen LogP contribution is -2.50. The number of piperidine rings is 1. The lowest BCUT2D eigenvalue weighted by atomic mass is 9.85. The van der Waals surface area contributed by atoms with Gasteiger partial charge in [-0.3, -0.25) is 4.79 Å². The molecule has 36 heavy (non-hydrogen) atoms. The van der Waals surface area contributed by atoms with Gasteiger partial charge in [-0.05, 0) is 40.6 Å². The Morgan fingerprint density at radius 1 is 1.17 bits per heavy atom. The van der Waals surface area contributed by atoms with E-state index in [4.69, 9.17) is 9.47 Å². The Hall–Kier alpha value is -3.51. The topological polar surface area (TPSA) is 94.4 Å². The van der Waals surface area contributed by atoms with Crippen LogP contribution in [0, 0.1) is 0 Å². The van der Waals surface area contributed by atoms with Crippen molar-refractivity contribution in [3.8, 4) is 11.4 Å². The first-order valence-corrected chi connectivity index (χ1v) is 11.4. The molecule has 192 valence electrons. The van der Waals surface area contributed by atoms with Crippen LogP contribution in [0.25, 0.3) is 5.69 Å². The maximum Gasteiger partial charge on any atom is 0.453 e. The summed E-state index contributed by atoms with van der Waals surface area (Å²) in [7, 11) is 3.00. The van der Waals surface area contributed by atoms with Crippen LogP contribution in [0.15, 0.2) is 48.5 Å². The van der Waals surface area contributed by atoms with Crippen molar-refractivity contribution < 1.29 is 27.4 Å². The zero-order valence-corrected chi connectivity index (χ0v) is 19.9. The number of amides is 1. The minimum Gasteiger partial charge on any atom is -0.496 e. The van der Waals surface area contributed by atoms with Crippen molar-refractivity contribution in [1.82, 2.24) is 30.4 Å². The molecule has 1 aliphatic rings. The molecule has 2 aromatic carbocycles. The zero-order valence-electron chi connectivity index (χ0n) is 19.9. The fraction of sp³-hybridized carbons (Fsp3) is 0.417. The van der Waals surface area contributed by atoms with Crippen LogP contribution in [0.2, 0.25) is 0 Å². The molecule has 2 atom stereocenters. The van der Waals surface area contributed by atoms with E-state index in [1.165, 1.54) is 20.3 Å². The summed E-state index contributed by atoms with van der Waals surface area (Å²) in [6.07, 6.45) is -4.00. The molecule has 0 unspecified atom stereocenters. The molecule has 1 N–H and O–H groups in total. The van der Waals surface area contributed by atoms with Gasteiger partial charge in [-0.2, -0.15) is 17.9 Å². The standard InChI is InChI=1S/C24H27F3N6O3/c1-35-15-22(34)32-11-10-20(19(14-32)16-6-4-3-5-7-16)28-13-17-12-18(8-9-21(17)36-2)33-23(24(25,26)27)29-30-31-33/h3-9,12,19-20,28H,10-11,13-15H2,1-2H3/t19-,20-/m0/s1. The summed E-state index contributed by atoms with van der Waals surface area (Å²) in [5.74, 6) is -0.722. The minimum atomic E-state index is -4.70. The molecular weight excluding hydrogens is 477 g/mol. The smallest absolute Gasteiger partial charge is 0.453 e. The molecule has 1 aliphatic heterocycles. The van der Waals surface area contributed by atoms with Crippen LogP contribution in [0.3, 0.4) is 0 Å². The van der Waals surface area contributed by atoms with E-state index in [1.807, 2.05) is 30.3 Å². The summed E-state index contributed by atoms with van der Waals surface area (Å²) in [4.78, 5) is 14.3. The maximum atomic E-state index is 13.3. The van der Waals surface area contributed by atoms with Crippen LogP contribution in [0.4, 0.5) is 13.2 Å².